The topological polar surface area (TPSA) is 154 Å². The highest BCUT2D eigenvalue weighted by Crippen LogP contribution is 2.41. The number of carbonyl (C=O) groups excluding carboxylic acids is 3. The first-order valence-corrected chi connectivity index (χ1v) is 14.8. The van der Waals surface area contributed by atoms with Crippen LogP contribution in [0.1, 0.15) is 58.0 Å². The molecule has 1 saturated heterocycles. The molecular weight excluding hydrogens is 598 g/mol. The average molecular weight is 632 g/mol. The molecule has 3 heterocycles. The SMILES string of the molecule is Cn1c(-c2c(C(F)(F)F)n[nH]c2CC2CC2)cnc1C(=O)Nc1ccc(C(=O)N2CCN(C(=O)NC3CC(N)C3)CC2)c(F)c1. The van der Waals surface area contributed by atoms with Crippen molar-refractivity contribution in [2.45, 2.75) is 50.4 Å². The van der Waals surface area contributed by atoms with Crippen molar-refractivity contribution in [2.75, 3.05) is 31.5 Å². The summed E-state index contributed by atoms with van der Waals surface area (Å²) in [4.78, 5) is 45.7. The maximum absolute atomic E-state index is 15.1. The van der Waals surface area contributed by atoms with Crippen LogP contribution in [0.15, 0.2) is 24.4 Å². The van der Waals surface area contributed by atoms with Crippen LogP contribution in [0.25, 0.3) is 11.3 Å². The van der Waals surface area contributed by atoms with Crippen molar-refractivity contribution in [1.82, 2.24) is 34.9 Å². The summed E-state index contributed by atoms with van der Waals surface area (Å²) in [5.41, 5.74) is 4.75. The molecule has 45 heavy (non-hydrogen) atoms. The lowest BCUT2D eigenvalue weighted by Gasteiger charge is -2.38. The summed E-state index contributed by atoms with van der Waals surface area (Å²) in [5, 5.41) is 11.4. The van der Waals surface area contributed by atoms with Gasteiger partial charge in [0.05, 0.1) is 23.0 Å². The number of carbonyl (C=O) groups is 3. The first-order chi connectivity index (χ1) is 21.4. The maximum atomic E-state index is 15.1. The minimum absolute atomic E-state index is 0.0320. The molecule has 6 rings (SSSR count). The molecule has 0 radical (unpaired) electrons. The third-order valence-corrected chi connectivity index (χ3v) is 8.56. The first kappa shape index (κ1) is 30.6. The lowest BCUT2D eigenvalue weighted by molar-refractivity contribution is -0.140. The van der Waals surface area contributed by atoms with E-state index in [1.54, 1.807) is 4.90 Å². The Morgan fingerprint density at radius 3 is 2.40 bits per heavy atom. The van der Waals surface area contributed by atoms with Crippen LogP contribution < -0.4 is 16.4 Å². The van der Waals surface area contributed by atoms with Gasteiger partial charge in [0.25, 0.3) is 11.8 Å². The van der Waals surface area contributed by atoms with Crippen molar-refractivity contribution in [3.63, 3.8) is 0 Å². The van der Waals surface area contributed by atoms with Crippen LogP contribution in [0.3, 0.4) is 0 Å². The van der Waals surface area contributed by atoms with Crippen molar-refractivity contribution >= 4 is 23.5 Å². The van der Waals surface area contributed by atoms with E-state index in [4.69, 9.17) is 5.73 Å². The number of nitrogens with zero attached hydrogens (tertiary/aromatic N) is 5. The molecule has 0 bridgehead atoms. The molecular formula is C29H33F4N9O3. The van der Waals surface area contributed by atoms with Crippen molar-refractivity contribution < 1.29 is 31.9 Å². The number of nitrogens with one attached hydrogen (secondary N) is 3. The number of benzene rings is 1. The van der Waals surface area contributed by atoms with E-state index in [1.807, 2.05) is 0 Å². The molecule has 240 valence electrons. The van der Waals surface area contributed by atoms with Crippen LogP contribution in [0.2, 0.25) is 0 Å². The zero-order valence-corrected chi connectivity index (χ0v) is 24.5. The molecule has 5 N–H and O–H groups in total. The molecule has 2 aliphatic carbocycles. The van der Waals surface area contributed by atoms with Crippen LogP contribution in [-0.2, 0) is 19.6 Å². The fraction of sp³-hybridized carbons (Fsp3) is 0.483. The van der Waals surface area contributed by atoms with Gasteiger partial charge in [-0.05, 0) is 56.2 Å². The number of hydrogen-bond acceptors (Lipinski definition) is 6. The Labute approximate surface area is 255 Å². The summed E-state index contributed by atoms with van der Waals surface area (Å²) in [6.07, 6.45) is 0.174. The number of imidazole rings is 1. The van der Waals surface area contributed by atoms with Gasteiger partial charge in [-0.25, -0.2) is 14.2 Å². The summed E-state index contributed by atoms with van der Waals surface area (Å²) >= 11 is 0. The fourth-order valence-electron chi connectivity index (χ4n) is 5.75. The second kappa shape index (κ2) is 11.8. The van der Waals surface area contributed by atoms with Crippen LogP contribution >= 0.6 is 0 Å². The monoisotopic (exact) mass is 631 g/mol. The number of H-pyrrole nitrogens is 1. The van der Waals surface area contributed by atoms with Gasteiger partial charge in [0.2, 0.25) is 0 Å². The second-order valence-electron chi connectivity index (χ2n) is 11.9. The number of rotatable bonds is 7. The third kappa shape index (κ3) is 6.36. The second-order valence-corrected chi connectivity index (χ2v) is 11.9. The number of alkyl halides is 3. The van der Waals surface area contributed by atoms with Gasteiger partial charge in [-0.2, -0.15) is 18.3 Å². The highest BCUT2D eigenvalue weighted by Gasteiger charge is 2.40. The van der Waals surface area contributed by atoms with Gasteiger partial charge in [0.15, 0.2) is 11.5 Å². The number of hydrogen-bond donors (Lipinski definition) is 4. The normalized spacial score (nSPS) is 20.1. The van der Waals surface area contributed by atoms with E-state index in [0.29, 0.717) is 25.2 Å². The van der Waals surface area contributed by atoms with E-state index in [9.17, 15) is 27.6 Å². The van der Waals surface area contributed by atoms with Gasteiger partial charge in [-0.3, -0.25) is 14.7 Å². The molecule has 3 aliphatic rings. The Morgan fingerprint density at radius 1 is 1.09 bits per heavy atom. The van der Waals surface area contributed by atoms with E-state index in [1.165, 1.54) is 34.8 Å². The zero-order chi connectivity index (χ0) is 32.0. The number of aromatic nitrogens is 4. The molecule has 2 aromatic heterocycles. The molecule has 3 aromatic rings. The number of piperazine rings is 1. The molecule has 0 unspecified atom stereocenters. The number of anilines is 1. The van der Waals surface area contributed by atoms with Gasteiger partial charge < -0.3 is 30.7 Å². The largest absolute Gasteiger partial charge is 0.435 e. The summed E-state index contributed by atoms with van der Waals surface area (Å²) in [5.74, 6) is -2.11. The van der Waals surface area contributed by atoms with Gasteiger partial charge in [0.1, 0.15) is 5.82 Å². The Bertz CT molecular complexity index is 1620. The minimum atomic E-state index is -4.72. The Hall–Kier alpha value is -4.47. The van der Waals surface area contributed by atoms with Crippen LogP contribution in [0.4, 0.5) is 28.0 Å². The van der Waals surface area contributed by atoms with Crippen molar-refractivity contribution in [3.05, 3.63) is 53.0 Å². The van der Waals surface area contributed by atoms with Gasteiger partial charge in [0, 0.05) is 56.7 Å². The van der Waals surface area contributed by atoms with E-state index in [-0.39, 0.29) is 65.5 Å². The van der Waals surface area contributed by atoms with Crippen molar-refractivity contribution in [3.8, 4) is 11.3 Å². The van der Waals surface area contributed by atoms with E-state index >= 15 is 4.39 Å². The molecule has 1 aromatic carbocycles. The minimum Gasteiger partial charge on any atom is -0.335 e. The lowest BCUT2D eigenvalue weighted by atomic mass is 9.88. The number of nitrogens with two attached hydrogens (primary N) is 1. The highest BCUT2D eigenvalue weighted by molar-refractivity contribution is 6.03. The first-order valence-electron chi connectivity index (χ1n) is 14.8. The van der Waals surface area contributed by atoms with Crippen LogP contribution in [0, 0.1) is 11.7 Å². The third-order valence-electron chi connectivity index (χ3n) is 8.56. The summed E-state index contributed by atoms with van der Waals surface area (Å²) < 4.78 is 57.6. The van der Waals surface area contributed by atoms with E-state index < -0.39 is 29.5 Å². The van der Waals surface area contributed by atoms with Gasteiger partial charge in [-0.15, -0.1) is 0 Å². The smallest absolute Gasteiger partial charge is 0.335 e. The Kier molecular flexibility index (Phi) is 8.01. The quantitative estimate of drug-likeness (QED) is 0.294. The Balaban J connectivity index is 1.10. The summed E-state index contributed by atoms with van der Waals surface area (Å²) in [7, 11) is 1.42. The average Bonchev–Trinajstić information content (AvgIpc) is 3.56. The molecule has 1 aliphatic heterocycles. The van der Waals surface area contributed by atoms with E-state index in [2.05, 4.69) is 25.8 Å². The van der Waals surface area contributed by atoms with Crippen molar-refractivity contribution in [1.29, 1.82) is 0 Å². The number of urea groups is 1. The summed E-state index contributed by atoms with van der Waals surface area (Å²) in [6, 6.07) is 3.55. The molecule has 3 fully saturated rings. The molecule has 0 spiro atoms. The summed E-state index contributed by atoms with van der Waals surface area (Å²) in [6.45, 7) is 1.04. The number of amides is 4. The molecule has 16 heteroatoms. The highest BCUT2D eigenvalue weighted by atomic mass is 19.4. The lowest BCUT2D eigenvalue weighted by Crippen LogP contribution is -2.57. The van der Waals surface area contributed by atoms with Crippen molar-refractivity contribution in [2.24, 2.45) is 18.7 Å². The zero-order valence-electron chi connectivity index (χ0n) is 24.5. The number of halogens is 4. The van der Waals surface area contributed by atoms with Crippen LogP contribution in [-0.4, -0.2) is 85.7 Å². The van der Waals surface area contributed by atoms with Crippen LogP contribution in [0.5, 0.6) is 0 Å². The van der Waals surface area contributed by atoms with Gasteiger partial charge in [-0.1, -0.05) is 0 Å². The number of aromatic amines is 1. The molecule has 0 atom stereocenters. The van der Waals surface area contributed by atoms with E-state index in [0.717, 1.165) is 31.7 Å². The Morgan fingerprint density at radius 2 is 1.78 bits per heavy atom. The maximum Gasteiger partial charge on any atom is 0.435 e. The standard InChI is InChI=1S/C29H33F4N9O3/c1-40-22(23-21(10-15-2-3-15)38-39-24(23)29(31,32)33)14-35-25(40)26(43)36-17-4-5-19(20(30)13-17)27(44)41-6-8-42(9-7-41)28(45)37-18-11-16(34)12-18/h4-5,13-16,18H,2-3,6-12,34H2,1H3,(H,36,43)(H,37,45)(H,38,39). The molecule has 2 saturated carbocycles. The predicted molar refractivity (Wildman–Crippen MR) is 154 cm³/mol. The van der Waals surface area contributed by atoms with Gasteiger partial charge >= 0.3 is 12.2 Å². The molecule has 12 nitrogen and oxygen atoms in total. The predicted octanol–water partition coefficient (Wildman–Crippen LogP) is 3.13. The fourth-order valence-corrected chi connectivity index (χ4v) is 5.75. The molecule has 4 amide bonds.